The van der Waals surface area contributed by atoms with E-state index < -0.39 is 34.3 Å². The van der Waals surface area contributed by atoms with Crippen molar-refractivity contribution in [2.75, 3.05) is 0 Å². The smallest absolute Gasteiger partial charge is 0.303 e. The summed E-state index contributed by atoms with van der Waals surface area (Å²) in [5.41, 5.74) is -4.14. The minimum absolute atomic E-state index is 0.0717. The van der Waals surface area contributed by atoms with Gasteiger partial charge in [0.15, 0.2) is 0 Å². The molecule has 0 fully saturated rings. The highest BCUT2D eigenvalue weighted by Gasteiger charge is 2.24. The second kappa shape index (κ2) is 13.0. The Morgan fingerprint density at radius 1 is 0.618 bits per heavy atom. The van der Waals surface area contributed by atoms with Gasteiger partial charge in [0, 0.05) is 6.42 Å². The maximum atomic E-state index is 10.4. The first-order valence-electron chi connectivity index (χ1n) is 10.1. The van der Waals surface area contributed by atoms with E-state index >= 15 is 0 Å². The van der Waals surface area contributed by atoms with Crippen LogP contribution in [0.25, 0.3) is 0 Å². The number of allylic oxidation sites excluding steroid dienone is 2. The molecule has 9 N–H and O–H groups in total. The summed E-state index contributed by atoms with van der Waals surface area (Å²) in [6, 6.07) is 0. The number of hydrogen-bond acceptors (Lipinski definition) is 9. The van der Waals surface area contributed by atoms with Crippen molar-refractivity contribution in [2.45, 2.75) is 54.5 Å². The van der Waals surface area contributed by atoms with Gasteiger partial charge < -0.3 is 46.0 Å². The minimum atomic E-state index is -2.88. The normalized spacial score (nSPS) is 18.1. The first kappa shape index (κ1) is 31.7. The second-order valence-electron chi connectivity index (χ2n) is 7.60. The van der Waals surface area contributed by atoms with Gasteiger partial charge in [0.1, 0.15) is 15.7 Å². The lowest BCUT2D eigenvalue weighted by Crippen LogP contribution is -2.31. The van der Waals surface area contributed by atoms with Crippen molar-refractivity contribution in [2.24, 2.45) is 0 Å². The molecule has 10 nitrogen and oxygen atoms in total. The maximum absolute atomic E-state index is 10.4. The Labute approximate surface area is 200 Å². The average Bonchev–Trinajstić information content (AvgIpc) is 2.71. The van der Waals surface area contributed by atoms with Crippen molar-refractivity contribution in [3.63, 3.8) is 0 Å². The number of hydrogen-bond donors (Lipinski definition) is 9. The zero-order valence-corrected chi connectivity index (χ0v) is 18.6. The summed E-state index contributed by atoms with van der Waals surface area (Å²) in [6.45, 7) is 1.79. The quantitative estimate of drug-likeness (QED) is 0.0796. The van der Waals surface area contributed by atoms with Crippen LogP contribution in [-0.2, 0) is 4.79 Å². The van der Waals surface area contributed by atoms with Crippen molar-refractivity contribution in [1.82, 2.24) is 0 Å². The number of carbonyl (C=O) groups is 1. The van der Waals surface area contributed by atoms with Crippen LogP contribution < -0.4 is 0 Å². The van der Waals surface area contributed by atoms with Crippen LogP contribution in [0.15, 0.2) is 72.9 Å². The molecule has 12 heteroatoms. The molecule has 0 aromatic carbocycles. The highest BCUT2D eigenvalue weighted by Crippen LogP contribution is 2.16. The van der Waals surface area contributed by atoms with Crippen LogP contribution >= 0.6 is 0 Å². The standard InChI is InChI=1S/C22H30B2O10/c1-2-3-7-18(23,27)9-11-20(29,30)13-15-22(33,34)16-14-21(31,32)12-10-19(24,28)8-5-4-6-17(25)26/h3,5,7-16,27-34H,2,4,6H2,1H3,(H,25,26)/b7-3-,8-5-,11-9-,12-10-,15-13-,16-14-. The highest BCUT2D eigenvalue weighted by atomic mass is 16.5. The van der Waals surface area contributed by atoms with Gasteiger partial charge in [-0.2, -0.15) is 0 Å². The summed E-state index contributed by atoms with van der Waals surface area (Å²) < 4.78 is 0. The molecule has 184 valence electrons. The van der Waals surface area contributed by atoms with E-state index in [9.17, 15) is 45.6 Å². The predicted molar refractivity (Wildman–Crippen MR) is 125 cm³/mol. The first-order valence-corrected chi connectivity index (χ1v) is 10.1. The number of carboxylic acids is 1. The van der Waals surface area contributed by atoms with Gasteiger partial charge in [-0.1, -0.05) is 43.4 Å². The lowest BCUT2D eigenvalue weighted by molar-refractivity contribution is -0.136. The molecule has 0 rings (SSSR count). The van der Waals surface area contributed by atoms with Crippen LogP contribution in [-0.4, -0.2) is 96.0 Å². The van der Waals surface area contributed by atoms with Gasteiger partial charge in [0.25, 0.3) is 0 Å². The predicted octanol–water partition coefficient (Wildman–Crippen LogP) is -1.64. The molecule has 34 heavy (non-hydrogen) atoms. The molecule has 0 amide bonds. The summed E-state index contributed by atoms with van der Waals surface area (Å²) in [5, 5.41) is 87.4. The topological polar surface area (TPSA) is 199 Å². The fraction of sp³-hybridized carbons (Fsp3) is 0.409. The second-order valence-corrected chi connectivity index (χ2v) is 7.60. The minimum Gasteiger partial charge on any atom is -0.481 e. The molecular weight excluding hydrogens is 446 g/mol. The maximum Gasteiger partial charge on any atom is 0.303 e. The van der Waals surface area contributed by atoms with E-state index in [1.54, 1.807) is 13.0 Å². The fourth-order valence-corrected chi connectivity index (χ4v) is 2.07. The third-order valence-corrected chi connectivity index (χ3v) is 3.87. The van der Waals surface area contributed by atoms with E-state index in [-0.39, 0.29) is 12.8 Å². The molecule has 0 heterocycles. The van der Waals surface area contributed by atoms with Gasteiger partial charge in [0.2, 0.25) is 17.4 Å². The summed E-state index contributed by atoms with van der Waals surface area (Å²) in [7, 11) is 11.0. The van der Waals surface area contributed by atoms with E-state index in [4.69, 9.17) is 20.8 Å². The molecule has 0 saturated carbocycles. The molecule has 0 aliphatic rings. The van der Waals surface area contributed by atoms with E-state index in [1.165, 1.54) is 12.2 Å². The number of rotatable bonds is 14. The van der Waals surface area contributed by atoms with Crippen LogP contribution in [0, 0.1) is 0 Å². The largest absolute Gasteiger partial charge is 0.481 e. The third kappa shape index (κ3) is 16.4. The van der Waals surface area contributed by atoms with Gasteiger partial charge in [-0.3, -0.25) is 4.79 Å². The summed E-state index contributed by atoms with van der Waals surface area (Å²) in [6.07, 6.45) is 10.4. The lowest BCUT2D eigenvalue weighted by atomic mass is 9.80. The molecule has 0 bridgehead atoms. The van der Waals surface area contributed by atoms with Crippen LogP contribution in [0.3, 0.4) is 0 Å². The van der Waals surface area contributed by atoms with E-state index in [2.05, 4.69) is 0 Å². The van der Waals surface area contributed by atoms with Gasteiger partial charge in [-0.25, -0.2) is 0 Å². The van der Waals surface area contributed by atoms with Gasteiger partial charge in [-0.05, 0) is 49.3 Å². The van der Waals surface area contributed by atoms with E-state index in [0.29, 0.717) is 42.9 Å². The molecular formula is C22H30B2O10. The molecule has 0 aliphatic carbocycles. The molecule has 2 unspecified atom stereocenters. The Morgan fingerprint density at radius 2 is 0.941 bits per heavy atom. The molecule has 0 spiro atoms. The zero-order valence-electron chi connectivity index (χ0n) is 18.6. The van der Waals surface area contributed by atoms with Crippen LogP contribution in [0.1, 0.15) is 26.2 Å². The summed E-state index contributed by atoms with van der Waals surface area (Å²) >= 11 is 0. The molecule has 0 saturated heterocycles. The van der Waals surface area contributed by atoms with Crippen molar-refractivity contribution in [3.05, 3.63) is 72.9 Å². The lowest BCUT2D eigenvalue weighted by Gasteiger charge is -2.21. The summed E-state index contributed by atoms with van der Waals surface area (Å²) in [5.74, 6) is -9.51. The fourth-order valence-electron chi connectivity index (χ4n) is 2.07. The number of aliphatic hydroxyl groups is 8. The molecule has 0 aromatic rings. The van der Waals surface area contributed by atoms with Crippen LogP contribution in [0.5, 0.6) is 0 Å². The Kier molecular flexibility index (Phi) is 12.1. The van der Waals surface area contributed by atoms with E-state index in [1.807, 2.05) is 0 Å². The van der Waals surface area contributed by atoms with Gasteiger partial charge in [-0.15, -0.1) is 0 Å². The summed E-state index contributed by atoms with van der Waals surface area (Å²) in [4.78, 5) is 10.4. The zero-order chi connectivity index (χ0) is 26.7. The molecule has 2 atom stereocenters. The Morgan fingerprint density at radius 3 is 1.26 bits per heavy atom. The van der Waals surface area contributed by atoms with Crippen molar-refractivity contribution >= 4 is 21.7 Å². The average molecular weight is 476 g/mol. The molecule has 4 radical (unpaired) electrons. The number of aliphatic carboxylic acids is 1. The Balaban J connectivity index is 5.26. The highest BCUT2D eigenvalue weighted by molar-refractivity contribution is 6.17. The first-order chi connectivity index (χ1) is 15.3. The Bertz CT molecular complexity index is 835. The molecule has 0 aliphatic heterocycles. The number of carboxylic acid groups (broad SMARTS) is 1. The van der Waals surface area contributed by atoms with Crippen molar-refractivity contribution in [3.8, 4) is 0 Å². The van der Waals surface area contributed by atoms with Crippen LogP contribution in [0.2, 0.25) is 0 Å². The van der Waals surface area contributed by atoms with Crippen LogP contribution in [0.4, 0.5) is 0 Å². The SMILES string of the molecule is [B]C(O)(/C=C\CC)/C=C\C(O)(O)/C=C\C(O)(O)/C=C\C(O)(O)/C=C\C([B])(O)/C=C\CCC(=O)O. The van der Waals surface area contributed by atoms with Gasteiger partial charge >= 0.3 is 5.97 Å². The monoisotopic (exact) mass is 476 g/mol. The van der Waals surface area contributed by atoms with Crippen molar-refractivity contribution < 1.29 is 50.8 Å². The Hall–Kier alpha value is -2.28. The van der Waals surface area contributed by atoms with Gasteiger partial charge in [0.05, 0.1) is 11.0 Å². The van der Waals surface area contributed by atoms with Crippen molar-refractivity contribution in [1.29, 1.82) is 0 Å². The molecule has 0 aromatic heterocycles. The third-order valence-electron chi connectivity index (χ3n) is 3.87. The van der Waals surface area contributed by atoms with E-state index in [0.717, 1.165) is 18.2 Å².